The molecule has 3 amide bonds. The van der Waals surface area contributed by atoms with Crippen LogP contribution in [0.5, 0.6) is 0 Å². The third-order valence-electron chi connectivity index (χ3n) is 4.86. The van der Waals surface area contributed by atoms with Gasteiger partial charge in [0.05, 0.1) is 25.7 Å². The number of benzene rings is 1. The smallest absolute Gasteiger partial charge is 0.269 e. The lowest BCUT2D eigenvalue weighted by Gasteiger charge is -2.28. The second-order valence-electron chi connectivity index (χ2n) is 7.01. The van der Waals surface area contributed by atoms with E-state index in [0.29, 0.717) is 30.3 Å². The van der Waals surface area contributed by atoms with Crippen LogP contribution < -0.4 is 15.8 Å². The van der Waals surface area contributed by atoms with Gasteiger partial charge in [0, 0.05) is 24.3 Å². The number of hydrogen-bond donors (Lipinski definition) is 3. The largest absolute Gasteiger partial charge is 0.378 e. The van der Waals surface area contributed by atoms with Crippen LogP contribution >= 0.6 is 0 Å². The van der Waals surface area contributed by atoms with Crippen LogP contribution in [-0.4, -0.2) is 61.3 Å². The fourth-order valence-electron chi connectivity index (χ4n) is 3.15. The van der Waals surface area contributed by atoms with Crippen molar-refractivity contribution in [3.05, 3.63) is 29.8 Å². The molecule has 1 aromatic carbocycles. The van der Waals surface area contributed by atoms with E-state index in [1.807, 2.05) is 19.1 Å². The maximum absolute atomic E-state index is 12.4. The zero-order valence-electron chi connectivity index (χ0n) is 16.8. The van der Waals surface area contributed by atoms with E-state index in [1.165, 1.54) is 0 Å². The molecule has 29 heavy (non-hydrogen) atoms. The number of carbonyl (C=O) groups is 3. The number of nitrogens with zero attached hydrogens (tertiary/aromatic N) is 2. The summed E-state index contributed by atoms with van der Waals surface area (Å²) < 4.78 is 5.33. The van der Waals surface area contributed by atoms with Gasteiger partial charge in [-0.05, 0) is 30.7 Å². The number of hydrazine groups is 1. The minimum atomic E-state index is -0.610. The van der Waals surface area contributed by atoms with Crippen LogP contribution in [0, 0.1) is 5.92 Å². The number of hydrogen-bond acceptors (Lipinski definition) is 6. The molecule has 1 aromatic rings. The summed E-state index contributed by atoms with van der Waals surface area (Å²) in [6.07, 6.45) is 3.49. The van der Waals surface area contributed by atoms with E-state index in [-0.39, 0.29) is 13.0 Å². The summed E-state index contributed by atoms with van der Waals surface area (Å²) in [5, 5.41) is 9.86. The number of unbranched alkanes of at least 4 members (excludes halogenated alkanes) is 2. The molecule has 0 saturated carbocycles. The quantitative estimate of drug-likeness (QED) is 0.234. The fraction of sp³-hybridized carbons (Fsp3) is 0.550. The second-order valence-corrected chi connectivity index (χ2v) is 7.01. The summed E-state index contributed by atoms with van der Waals surface area (Å²) in [5.41, 5.74) is 6.23. The third-order valence-corrected chi connectivity index (χ3v) is 4.86. The highest BCUT2D eigenvalue weighted by atomic mass is 16.5. The summed E-state index contributed by atoms with van der Waals surface area (Å²) in [7, 11) is 0. The second kappa shape index (κ2) is 12.0. The number of ether oxygens (including phenoxy) is 1. The van der Waals surface area contributed by atoms with E-state index in [0.717, 1.165) is 38.0 Å². The lowest BCUT2D eigenvalue weighted by molar-refractivity contribution is -0.154. The first-order chi connectivity index (χ1) is 14.0. The van der Waals surface area contributed by atoms with E-state index in [2.05, 4.69) is 15.8 Å². The normalized spacial score (nSPS) is 14.8. The van der Waals surface area contributed by atoms with Gasteiger partial charge in [-0.3, -0.25) is 30.4 Å². The summed E-state index contributed by atoms with van der Waals surface area (Å²) in [5.74, 6) is -1.49. The predicted molar refractivity (Wildman–Crippen MR) is 107 cm³/mol. The molecule has 0 unspecified atom stereocenters. The highest BCUT2D eigenvalue weighted by Crippen LogP contribution is 2.16. The molecule has 1 atom stereocenters. The van der Waals surface area contributed by atoms with Gasteiger partial charge in [-0.2, -0.15) is 0 Å². The monoisotopic (exact) mass is 406 g/mol. The molecule has 0 spiro atoms. The average molecular weight is 406 g/mol. The molecule has 0 radical (unpaired) electrons. The standard InChI is InChI=1S/C20H30N4O5/c1-2-3-4-5-17(14-24(28)15-25)20(27)22-21-19(26)16-6-8-18(9-7-16)23-10-12-29-13-11-23/h6-9,15,17,28H,2-5,10-14H2,1H3,(H,21,26)(H,22,27)/t17-/m1/s1. The molecular formula is C20H30N4O5. The van der Waals surface area contributed by atoms with Crippen LogP contribution in [0.2, 0.25) is 0 Å². The van der Waals surface area contributed by atoms with Crippen molar-refractivity contribution >= 4 is 23.9 Å². The topological polar surface area (TPSA) is 111 Å². The van der Waals surface area contributed by atoms with Crippen LogP contribution in [-0.2, 0) is 14.3 Å². The molecule has 2 rings (SSSR count). The van der Waals surface area contributed by atoms with Crippen molar-refractivity contribution in [2.45, 2.75) is 32.6 Å². The van der Waals surface area contributed by atoms with E-state index in [1.54, 1.807) is 12.1 Å². The van der Waals surface area contributed by atoms with Crippen LogP contribution in [0.25, 0.3) is 0 Å². The lowest BCUT2D eigenvalue weighted by atomic mass is 10.0. The first-order valence-corrected chi connectivity index (χ1v) is 9.99. The van der Waals surface area contributed by atoms with Crippen LogP contribution in [0.15, 0.2) is 24.3 Å². The van der Waals surface area contributed by atoms with Crippen molar-refractivity contribution in [3.63, 3.8) is 0 Å². The Morgan fingerprint density at radius 1 is 1.21 bits per heavy atom. The van der Waals surface area contributed by atoms with E-state index in [4.69, 9.17) is 4.74 Å². The van der Waals surface area contributed by atoms with Gasteiger partial charge in [0.1, 0.15) is 0 Å². The van der Waals surface area contributed by atoms with Gasteiger partial charge >= 0.3 is 0 Å². The number of morpholine rings is 1. The van der Waals surface area contributed by atoms with Crippen LogP contribution in [0.4, 0.5) is 5.69 Å². The lowest BCUT2D eigenvalue weighted by Crippen LogP contribution is -2.46. The Bertz CT molecular complexity index is 661. The number of rotatable bonds is 10. The van der Waals surface area contributed by atoms with Gasteiger partial charge in [-0.25, -0.2) is 5.06 Å². The molecule has 0 aromatic heterocycles. The summed E-state index contributed by atoms with van der Waals surface area (Å²) in [4.78, 5) is 37.5. The molecule has 1 saturated heterocycles. The number of anilines is 1. The maximum Gasteiger partial charge on any atom is 0.269 e. The Hall–Kier alpha value is -2.65. The molecule has 160 valence electrons. The molecule has 1 fully saturated rings. The molecule has 9 nitrogen and oxygen atoms in total. The average Bonchev–Trinajstić information content (AvgIpc) is 2.77. The van der Waals surface area contributed by atoms with Gasteiger partial charge in [0.2, 0.25) is 12.3 Å². The molecule has 0 aliphatic carbocycles. The Balaban J connectivity index is 1.87. The number of amides is 3. The first-order valence-electron chi connectivity index (χ1n) is 9.99. The highest BCUT2D eigenvalue weighted by molar-refractivity contribution is 5.95. The third kappa shape index (κ3) is 7.35. The van der Waals surface area contributed by atoms with Gasteiger partial charge in [0.25, 0.3) is 5.91 Å². The Morgan fingerprint density at radius 3 is 2.52 bits per heavy atom. The van der Waals surface area contributed by atoms with E-state index < -0.39 is 17.7 Å². The number of hydroxylamine groups is 2. The number of carbonyl (C=O) groups excluding carboxylic acids is 3. The van der Waals surface area contributed by atoms with Gasteiger partial charge < -0.3 is 9.64 Å². The van der Waals surface area contributed by atoms with Gasteiger partial charge in [0.15, 0.2) is 0 Å². The Labute approximate surface area is 170 Å². The first kappa shape index (κ1) is 22.6. The van der Waals surface area contributed by atoms with Crippen molar-refractivity contribution < 1.29 is 24.3 Å². The zero-order valence-corrected chi connectivity index (χ0v) is 16.8. The minimum Gasteiger partial charge on any atom is -0.378 e. The fourth-order valence-corrected chi connectivity index (χ4v) is 3.15. The van der Waals surface area contributed by atoms with Crippen molar-refractivity contribution in [2.75, 3.05) is 37.7 Å². The number of nitrogens with one attached hydrogen (secondary N) is 2. The van der Waals surface area contributed by atoms with Crippen LogP contribution in [0.3, 0.4) is 0 Å². The summed E-state index contributed by atoms with van der Waals surface area (Å²) >= 11 is 0. The Kier molecular flexibility index (Phi) is 9.39. The van der Waals surface area contributed by atoms with E-state index in [9.17, 15) is 19.6 Å². The van der Waals surface area contributed by atoms with Crippen molar-refractivity contribution in [2.24, 2.45) is 5.92 Å². The van der Waals surface area contributed by atoms with Crippen molar-refractivity contribution in [3.8, 4) is 0 Å². The SMILES string of the molecule is CCCCC[C@H](CN(O)C=O)C(=O)NNC(=O)c1ccc(N2CCOCC2)cc1. The molecule has 0 bridgehead atoms. The predicted octanol–water partition coefficient (Wildman–Crippen LogP) is 1.33. The molecule has 1 aliphatic heterocycles. The van der Waals surface area contributed by atoms with Gasteiger partial charge in [-0.15, -0.1) is 0 Å². The summed E-state index contributed by atoms with van der Waals surface area (Å²) in [6, 6.07) is 7.13. The zero-order chi connectivity index (χ0) is 21.1. The minimum absolute atomic E-state index is 0.122. The molecule has 1 heterocycles. The molecule has 9 heteroatoms. The molecular weight excluding hydrogens is 376 g/mol. The molecule has 3 N–H and O–H groups in total. The summed E-state index contributed by atoms with van der Waals surface area (Å²) in [6.45, 7) is 4.91. The van der Waals surface area contributed by atoms with Crippen molar-refractivity contribution in [1.29, 1.82) is 0 Å². The Morgan fingerprint density at radius 2 is 1.90 bits per heavy atom. The van der Waals surface area contributed by atoms with Crippen molar-refractivity contribution in [1.82, 2.24) is 15.9 Å². The maximum atomic E-state index is 12.4. The van der Waals surface area contributed by atoms with Gasteiger partial charge in [-0.1, -0.05) is 26.2 Å². The highest BCUT2D eigenvalue weighted by Gasteiger charge is 2.21. The molecule has 1 aliphatic rings. The van der Waals surface area contributed by atoms with Crippen LogP contribution in [0.1, 0.15) is 43.0 Å². The van der Waals surface area contributed by atoms with E-state index >= 15 is 0 Å².